The highest BCUT2D eigenvalue weighted by molar-refractivity contribution is 5.71. The Hall–Kier alpha value is -4.45. The molecule has 0 aliphatic carbocycles. The van der Waals surface area contributed by atoms with Gasteiger partial charge in [-0.3, -0.25) is 14.4 Å². The molecule has 0 heterocycles. The lowest BCUT2D eigenvalue weighted by molar-refractivity contribution is -0.167. The van der Waals surface area contributed by atoms with Crippen LogP contribution >= 0.6 is 0 Å². The molecule has 0 rings (SSSR count). The maximum atomic E-state index is 12.9. The van der Waals surface area contributed by atoms with E-state index in [-0.39, 0.29) is 31.1 Å². The zero-order valence-electron chi connectivity index (χ0n) is 50.6. The molecule has 0 saturated heterocycles. The van der Waals surface area contributed by atoms with Crippen molar-refractivity contribution in [2.75, 3.05) is 13.2 Å². The summed E-state index contributed by atoms with van der Waals surface area (Å²) >= 11 is 0. The molecule has 0 aliphatic rings. The van der Waals surface area contributed by atoms with Gasteiger partial charge in [-0.15, -0.1) is 0 Å². The monoisotopic (exact) mass is 1080 g/mol. The number of carbonyl (C=O) groups excluding carboxylic acids is 3. The van der Waals surface area contributed by atoms with Gasteiger partial charge >= 0.3 is 17.9 Å². The molecular formula is C72H118O6. The first-order chi connectivity index (χ1) is 38.5. The molecule has 0 aliphatic heterocycles. The largest absolute Gasteiger partial charge is 0.462 e. The molecule has 0 aromatic rings. The van der Waals surface area contributed by atoms with E-state index >= 15 is 0 Å². The van der Waals surface area contributed by atoms with Crippen molar-refractivity contribution in [1.82, 2.24) is 0 Å². The highest BCUT2D eigenvalue weighted by Crippen LogP contribution is 2.15. The minimum Gasteiger partial charge on any atom is -0.462 e. The molecule has 0 amide bonds. The fourth-order valence-electron chi connectivity index (χ4n) is 8.59. The maximum absolute atomic E-state index is 12.9. The molecule has 0 saturated carbocycles. The second-order valence-corrected chi connectivity index (χ2v) is 20.9. The number of hydrogen-bond donors (Lipinski definition) is 0. The van der Waals surface area contributed by atoms with Gasteiger partial charge in [0, 0.05) is 19.3 Å². The maximum Gasteiger partial charge on any atom is 0.306 e. The first kappa shape index (κ1) is 73.5. The minimum atomic E-state index is -0.797. The summed E-state index contributed by atoms with van der Waals surface area (Å²) in [7, 11) is 0. The molecule has 6 heteroatoms. The lowest BCUT2D eigenvalue weighted by atomic mass is 10.0. The summed E-state index contributed by atoms with van der Waals surface area (Å²) < 4.78 is 16.9. The Balaban J connectivity index is 4.41. The van der Waals surface area contributed by atoms with E-state index in [1.165, 1.54) is 96.3 Å². The average Bonchev–Trinajstić information content (AvgIpc) is 3.44. The Morgan fingerprint density at radius 2 is 0.500 bits per heavy atom. The van der Waals surface area contributed by atoms with Gasteiger partial charge < -0.3 is 14.2 Å². The third-order valence-electron chi connectivity index (χ3n) is 13.4. The zero-order valence-corrected chi connectivity index (χ0v) is 50.6. The van der Waals surface area contributed by atoms with Crippen LogP contribution < -0.4 is 0 Å². The summed E-state index contributed by atoms with van der Waals surface area (Å²) in [6.45, 7) is 6.36. The standard InChI is InChI=1S/C72H118O6/c1-4-7-10-13-16-19-22-25-28-30-32-34-36-38-40-42-44-47-50-53-56-59-62-65-71(74)77-68-69(67-76-70(73)64-61-58-55-52-49-46-27-24-21-18-15-12-9-6-3)78-72(75)66-63-60-57-54-51-48-45-43-41-39-37-35-33-31-29-26-23-20-17-14-11-8-5-2/h7-8,10-11,15-20,24-29,32-35,38,40,69H,4-6,9,12-14,21-23,30-31,36-37,39,41-68H2,1-3H3/b10-7-,11-8-,18-15-,19-16-,20-17-,27-24-,28-25-,29-26-,34-32-,35-33-,40-38-. The van der Waals surface area contributed by atoms with Crippen LogP contribution in [-0.2, 0) is 28.6 Å². The molecule has 0 bridgehead atoms. The van der Waals surface area contributed by atoms with Crippen molar-refractivity contribution >= 4 is 17.9 Å². The van der Waals surface area contributed by atoms with E-state index in [4.69, 9.17) is 14.2 Å². The fraction of sp³-hybridized carbons (Fsp3) is 0.653. The van der Waals surface area contributed by atoms with Crippen molar-refractivity contribution in [3.8, 4) is 0 Å². The van der Waals surface area contributed by atoms with Gasteiger partial charge in [-0.05, 0) is 128 Å². The highest BCUT2D eigenvalue weighted by atomic mass is 16.6. The van der Waals surface area contributed by atoms with Gasteiger partial charge in [0.25, 0.3) is 0 Å². The Labute approximate surface area is 481 Å². The average molecular weight is 1080 g/mol. The molecule has 0 radical (unpaired) electrons. The first-order valence-corrected chi connectivity index (χ1v) is 32.2. The third kappa shape index (κ3) is 62.4. The molecule has 442 valence electrons. The van der Waals surface area contributed by atoms with Crippen molar-refractivity contribution in [1.29, 1.82) is 0 Å². The highest BCUT2D eigenvalue weighted by Gasteiger charge is 2.19. The van der Waals surface area contributed by atoms with E-state index in [1.54, 1.807) is 0 Å². The van der Waals surface area contributed by atoms with Crippen LogP contribution in [0.1, 0.15) is 284 Å². The summed E-state index contributed by atoms with van der Waals surface area (Å²) in [5, 5.41) is 0. The van der Waals surface area contributed by atoms with Crippen molar-refractivity contribution in [2.24, 2.45) is 0 Å². The van der Waals surface area contributed by atoms with E-state index in [9.17, 15) is 14.4 Å². The van der Waals surface area contributed by atoms with E-state index < -0.39 is 6.10 Å². The predicted octanol–water partition coefficient (Wildman–Crippen LogP) is 22.2. The van der Waals surface area contributed by atoms with Gasteiger partial charge in [0.05, 0.1) is 0 Å². The van der Waals surface area contributed by atoms with Crippen LogP contribution in [0.3, 0.4) is 0 Å². The summed E-state index contributed by atoms with van der Waals surface area (Å²) in [5.74, 6) is -0.919. The van der Waals surface area contributed by atoms with Gasteiger partial charge in [-0.1, -0.05) is 270 Å². The number of unbranched alkanes of at least 4 members (excludes halogenated alkanes) is 24. The summed E-state index contributed by atoms with van der Waals surface area (Å²) in [5.41, 5.74) is 0. The predicted molar refractivity (Wildman–Crippen MR) is 339 cm³/mol. The van der Waals surface area contributed by atoms with Crippen LogP contribution in [0.4, 0.5) is 0 Å². The number of rotatable bonds is 57. The van der Waals surface area contributed by atoms with Gasteiger partial charge in [-0.25, -0.2) is 0 Å². The smallest absolute Gasteiger partial charge is 0.306 e. The second kappa shape index (κ2) is 65.1. The van der Waals surface area contributed by atoms with E-state index in [1.807, 2.05) is 0 Å². The third-order valence-corrected chi connectivity index (χ3v) is 13.4. The summed E-state index contributed by atoms with van der Waals surface area (Å²) in [6.07, 6.45) is 91.6. The van der Waals surface area contributed by atoms with Crippen LogP contribution in [-0.4, -0.2) is 37.2 Å². The lowest BCUT2D eigenvalue weighted by Gasteiger charge is -2.18. The Morgan fingerprint density at radius 3 is 0.782 bits per heavy atom. The van der Waals surface area contributed by atoms with Crippen molar-refractivity contribution in [2.45, 2.75) is 290 Å². The van der Waals surface area contributed by atoms with Crippen LogP contribution in [0, 0.1) is 0 Å². The molecule has 78 heavy (non-hydrogen) atoms. The van der Waals surface area contributed by atoms with E-state index in [0.29, 0.717) is 19.3 Å². The van der Waals surface area contributed by atoms with Crippen LogP contribution in [0.25, 0.3) is 0 Å². The molecule has 1 unspecified atom stereocenters. The topological polar surface area (TPSA) is 78.9 Å². The van der Waals surface area contributed by atoms with Crippen molar-refractivity contribution in [3.05, 3.63) is 134 Å². The Kier molecular flexibility index (Phi) is 61.4. The summed E-state index contributed by atoms with van der Waals surface area (Å²) in [6, 6.07) is 0. The number of esters is 3. The molecule has 1 atom stereocenters. The quantitative estimate of drug-likeness (QED) is 0.0261. The van der Waals surface area contributed by atoms with Crippen LogP contribution in [0.2, 0.25) is 0 Å². The molecule has 0 aromatic carbocycles. The number of ether oxygens (including phenoxy) is 3. The Morgan fingerprint density at radius 1 is 0.269 bits per heavy atom. The molecule has 0 aromatic heterocycles. The van der Waals surface area contributed by atoms with Crippen molar-refractivity contribution < 1.29 is 28.6 Å². The first-order valence-electron chi connectivity index (χ1n) is 32.2. The van der Waals surface area contributed by atoms with Crippen molar-refractivity contribution in [3.63, 3.8) is 0 Å². The van der Waals surface area contributed by atoms with E-state index in [0.717, 1.165) is 148 Å². The van der Waals surface area contributed by atoms with Crippen LogP contribution in [0.15, 0.2) is 134 Å². The molecule has 0 spiro atoms. The molecule has 6 nitrogen and oxygen atoms in total. The van der Waals surface area contributed by atoms with Gasteiger partial charge in [-0.2, -0.15) is 0 Å². The van der Waals surface area contributed by atoms with Gasteiger partial charge in [0.2, 0.25) is 0 Å². The van der Waals surface area contributed by atoms with Gasteiger partial charge in [0.15, 0.2) is 6.10 Å². The van der Waals surface area contributed by atoms with Crippen LogP contribution in [0.5, 0.6) is 0 Å². The Bertz CT molecular complexity index is 1670. The second-order valence-electron chi connectivity index (χ2n) is 20.9. The molecular weight excluding hydrogens is 961 g/mol. The minimum absolute atomic E-state index is 0.0935. The van der Waals surface area contributed by atoms with Gasteiger partial charge in [0.1, 0.15) is 13.2 Å². The SMILES string of the molecule is CC/C=C\C/C=C\C/C=C\C/C=C\C/C=C\CCCCCCCCCC(=O)OCC(COC(=O)CCCCCCC/C=C\C/C=C\CCCC)OC(=O)CCCCCCCCCCCC/C=C\C/C=C\C/C=C\C/C=C\CC. The fourth-order valence-corrected chi connectivity index (χ4v) is 8.59. The summed E-state index contributed by atoms with van der Waals surface area (Å²) in [4.78, 5) is 38.4. The van der Waals surface area contributed by atoms with E-state index in [2.05, 4.69) is 154 Å². The number of carbonyl (C=O) groups is 3. The molecule has 0 fully saturated rings. The normalized spacial score (nSPS) is 13.0. The lowest BCUT2D eigenvalue weighted by Crippen LogP contribution is -2.30. The molecule has 0 N–H and O–H groups in total. The number of allylic oxidation sites excluding steroid dienone is 22. The zero-order chi connectivity index (χ0) is 56.4. The number of hydrogen-bond acceptors (Lipinski definition) is 6.